The van der Waals surface area contributed by atoms with Crippen molar-refractivity contribution in [1.82, 2.24) is 19.6 Å². The van der Waals surface area contributed by atoms with Crippen LogP contribution in [0.3, 0.4) is 0 Å². The Bertz CT molecular complexity index is 390. The standard InChI is InChI=1S/C13H25N5O/c1-13(2,19)11-17-7-5-16(6-8-17)9-10-18-4-3-12(14)15-18/h3-4,19H,5-11H2,1-2H3,(H2,14,15). The van der Waals surface area contributed by atoms with Gasteiger partial charge in [-0.2, -0.15) is 5.10 Å². The fourth-order valence-corrected chi connectivity index (χ4v) is 2.46. The van der Waals surface area contributed by atoms with Crippen molar-refractivity contribution in [3.05, 3.63) is 12.3 Å². The van der Waals surface area contributed by atoms with Crippen LogP contribution in [-0.4, -0.2) is 69.6 Å². The molecule has 0 bridgehead atoms. The van der Waals surface area contributed by atoms with Gasteiger partial charge in [0.05, 0.1) is 12.1 Å². The van der Waals surface area contributed by atoms with Crippen LogP contribution in [0, 0.1) is 0 Å². The van der Waals surface area contributed by atoms with E-state index in [4.69, 9.17) is 5.73 Å². The first-order chi connectivity index (χ1) is 8.92. The average molecular weight is 267 g/mol. The maximum atomic E-state index is 9.81. The number of hydrogen-bond donors (Lipinski definition) is 2. The second-order valence-corrected chi connectivity index (χ2v) is 5.93. The van der Waals surface area contributed by atoms with Crippen LogP contribution in [-0.2, 0) is 6.54 Å². The van der Waals surface area contributed by atoms with Crippen molar-refractivity contribution in [3.8, 4) is 0 Å². The normalized spacial score (nSPS) is 18.9. The molecule has 0 atom stereocenters. The van der Waals surface area contributed by atoms with Crippen molar-refractivity contribution in [3.63, 3.8) is 0 Å². The van der Waals surface area contributed by atoms with Crippen molar-refractivity contribution in [2.75, 3.05) is 45.0 Å². The highest BCUT2D eigenvalue weighted by molar-refractivity contribution is 5.23. The van der Waals surface area contributed by atoms with Gasteiger partial charge in [-0.05, 0) is 19.9 Å². The Kier molecular flexibility index (Phi) is 4.44. The molecule has 2 heterocycles. The predicted octanol–water partition coefficient (Wildman–Crippen LogP) is -0.146. The molecule has 0 saturated carbocycles. The van der Waals surface area contributed by atoms with Gasteiger partial charge in [0.2, 0.25) is 0 Å². The van der Waals surface area contributed by atoms with Crippen LogP contribution in [0.1, 0.15) is 13.8 Å². The molecule has 6 heteroatoms. The molecule has 3 N–H and O–H groups in total. The van der Waals surface area contributed by atoms with E-state index in [1.165, 1.54) is 0 Å². The summed E-state index contributed by atoms with van der Waals surface area (Å²) in [6.07, 6.45) is 1.92. The van der Waals surface area contributed by atoms with Crippen LogP contribution in [0.15, 0.2) is 12.3 Å². The van der Waals surface area contributed by atoms with Crippen molar-refractivity contribution in [2.24, 2.45) is 0 Å². The summed E-state index contributed by atoms with van der Waals surface area (Å²) in [6, 6.07) is 1.82. The number of anilines is 1. The van der Waals surface area contributed by atoms with Gasteiger partial charge in [0.1, 0.15) is 5.82 Å². The van der Waals surface area contributed by atoms with E-state index < -0.39 is 5.60 Å². The molecule has 0 amide bonds. The van der Waals surface area contributed by atoms with E-state index in [-0.39, 0.29) is 0 Å². The highest BCUT2D eigenvalue weighted by Crippen LogP contribution is 2.08. The lowest BCUT2D eigenvalue weighted by molar-refractivity contribution is 0.0173. The molecule has 1 aromatic heterocycles. The second-order valence-electron chi connectivity index (χ2n) is 5.93. The molecule has 0 spiro atoms. The number of nitrogen functional groups attached to an aromatic ring is 1. The number of aliphatic hydroxyl groups is 1. The molecule has 1 aliphatic rings. The largest absolute Gasteiger partial charge is 0.389 e. The topological polar surface area (TPSA) is 70.5 Å². The summed E-state index contributed by atoms with van der Waals surface area (Å²) in [5, 5.41) is 14.0. The number of rotatable bonds is 5. The summed E-state index contributed by atoms with van der Waals surface area (Å²) in [4.78, 5) is 4.75. The summed E-state index contributed by atoms with van der Waals surface area (Å²) in [6.45, 7) is 10.5. The summed E-state index contributed by atoms with van der Waals surface area (Å²) < 4.78 is 1.89. The predicted molar refractivity (Wildman–Crippen MR) is 75.8 cm³/mol. The van der Waals surface area contributed by atoms with Crippen molar-refractivity contribution in [1.29, 1.82) is 0 Å². The van der Waals surface area contributed by atoms with E-state index in [1.54, 1.807) is 0 Å². The summed E-state index contributed by atoms with van der Waals surface area (Å²) in [5.41, 5.74) is 4.99. The van der Waals surface area contributed by atoms with Gasteiger partial charge in [-0.1, -0.05) is 0 Å². The van der Waals surface area contributed by atoms with Gasteiger partial charge in [0.15, 0.2) is 0 Å². The third-order valence-electron chi connectivity index (χ3n) is 3.38. The lowest BCUT2D eigenvalue weighted by Crippen LogP contribution is -2.50. The van der Waals surface area contributed by atoms with E-state index in [0.29, 0.717) is 5.82 Å². The zero-order valence-corrected chi connectivity index (χ0v) is 11.9. The first kappa shape index (κ1) is 14.3. The van der Waals surface area contributed by atoms with E-state index in [2.05, 4.69) is 14.9 Å². The Labute approximate surface area is 114 Å². The van der Waals surface area contributed by atoms with Crippen molar-refractivity contribution >= 4 is 5.82 Å². The Hall–Kier alpha value is -1.11. The van der Waals surface area contributed by atoms with E-state index in [1.807, 2.05) is 30.8 Å². The van der Waals surface area contributed by atoms with Gasteiger partial charge in [-0.3, -0.25) is 14.5 Å². The van der Waals surface area contributed by atoms with Gasteiger partial charge in [-0.15, -0.1) is 0 Å². The minimum Gasteiger partial charge on any atom is -0.389 e. The highest BCUT2D eigenvalue weighted by atomic mass is 16.3. The minimum absolute atomic E-state index is 0.579. The first-order valence-corrected chi connectivity index (χ1v) is 6.88. The van der Waals surface area contributed by atoms with Gasteiger partial charge < -0.3 is 10.8 Å². The lowest BCUT2D eigenvalue weighted by Gasteiger charge is -2.37. The highest BCUT2D eigenvalue weighted by Gasteiger charge is 2.22. The molecule has 0 unspecified atom stereocenters. The average Bonchev–Trinajstić information content (AvgIpc) is 2.72. The Morgan fingerprint density at radius 2 is 1.84 bits per heavy atom. The van der Waals surface area contributed by atoms with Gasteiger partial charge in [0, 0.05) is 45.5 Å². The molecule has 1 aliphatic heterocycles. The molecule has 1 saturated heterocycles. The molecular weight excluding hydrogens is 242 g/mol. The molecule has 0 aliphatic carbocycles. The second kappa shape index (κ2) is 5.90. The SMILES string of the molecule is CC(C)(O)CN1CCN(CCn2ccc(N)n2)CC1. The molecular formula is C13H25N5O. The molecule has 108 valence electrons. The maximum Gasteiger partial charge on any atom is 0.145 e. The van der Waals surface area contributed by atoms with Crippen LogP contribution in [0.5, 0.6) is 0 Å². The Balaban J connectivity index is 1.69. The zero-order valence-electron chi connectivity index (χ0n) is 11.9. The van der Waals surface area contributed by atoms with E-state index in [0.717, 1.165) is 45.8 Å². The molecule has 1 fully saturated rings. The lowest BCUT2D eigenvalue weighted by atomic mass is 10.1. The van der Waals surface area contributed by atoms with Crippen LogP contribution in [0.25, 0.3) is 0 Å². The molecule has 2 rings (SSSR count). The molecule has 19 heavy (non-hydrogen) atoms. The number of nitrogens with zero attached hydrogens (tertiary/aromatic N) is 4. The van der Waals surface area contributed by atoms with Crippen LogP contribution >= 0.6 is 0 Å². The smallest absolute Gasteiger partial charge is 0.145 e. The number of piperazine rings is 1. The molecule has 0 radical (unpaired) electrons. The summed E-state index contributed by atoms with van der Waals surface area (Å²) in [7, 11) is 0. The maximum absolute atomic E-state index is 9.81. The molecule has 6 nitrogen and oxygen atoms in total. The minimum atomic E-state index is -0.602. The summed E-state index contributed by atoms with van der Waals surface area (Å²) >= 11 is 0. The number of β-amino-alcohol motifs (C(OH)–C–C–N with tert-alkyl or cyclic N) is 1. The fourth-order valence-electron chi connectivity index (χ4n) is 2.46. The number of nitrogens with two attached hydrogens (primary N) is 1. The van der Waals surface area contributed by atoms with Crippen LogP contribution in [0.2, 0.25) is 0 Å². The number of aromatic nitrogens is 2. The third-order valence-corrected chi connectivity index (χ3v) is 3.38. The van der Waals surface area contributed by atoms with Crippen molar-refractivity contribution < 1.29 is 5.11 Å². The van der Waals surface area contributed by atoms with E-state index in [9.17, 15) is 5.11 Å². The summed E-state index contributed by atoms with van der Waals surface area (Å²) in [5.74, 6) is 0.579. The van der Waals surface area contributed by atoms with E-state index >= 15 is 0 Å². The monoisotopic (exact) mass is 267 g/mol. The van der Waals surface area contributed by atoms with Crippen LogP contribution < -0.4 is 5.73 Å². The van der Waals surface area contributed by atoms with Gasteiger partial charge >= 0.3 is 0 Å². The van der Waals surface area contributed by atoms with Gasteiger partial charge in [0.25, 0.3) is 0 Å². The van der Waals surface area contributed by atoms with Gasteiger partial charge in [-0.25, -0.2) is 0 Å². The quantitative estimate of drug-likeness (QED) is 0.776. The fraction of sp³-hybridized carbons (Fsp3) is 0.769. The number of hydrogen-bond acceptors (Lipinski definition) is 5. The Morgan fingerprint density at radius 3 is 2.37 bits per heavy atom. The zero-order chi connectivity index (χ0) is 13.9. The molecule has 1 aromatic rings. The molecule has 0 aromatic carbocycles. The van der Waals surface area contributed by atoms with Crippen LogP contribution in [0.4, 0.5) is 5.82 Å². The third kappa shape index (κ3) is 4.81. The first-order valence-electron chi connectivity index (χ1n) is 6.88. The Morgan fingerprint density at radius 1 is 1.21 bits per heavy atom. The van der Waals surface area contributed by atoms with Crippen molar-refractivity contribution in [2.45, 2.75) is 26.0 Å².